The minimum Gasteiger partial charge on any atom is -0.356 e. The Hall–Kier alpha value is -1.33. The molecule has 0 bridgehead atoms. The van der Waals surface area contributed by atoms with E-state index in [0.717, 1.165) is 19.4 Å². The van der Waals surface area contributed by atoms with Crippen LogP contribution in [-0.4, -0.2) is 41.3 Å². The lowest BCUT2D eigenvalue weighted by atomic mass is 9.77. The Bertz CT molecular complexity index is 578. The van der Waals surface area contributed by atoms with Crippen LogP contribution in [0.5, 0.6) is 0 Å². The van der Waals surface area contributed by atoms with Crippen molar-refractivity contribution in [2.24, 2.45) is 5.41 Å². The number of nitrogens with one attached hydrogen (secondary N) is 1. The van der Waals surface area contributed by atoms with Crippen LogP contribution in [0.3, 0.4) is 0 Å². The Balaban J connectivity index is 1.69. The second kappa shape index (κ2) is 5.46. The number of rotatable bonds is 1. The summed E-state index contributed by atoms with van der Waals surface area (Å²) in [6.07, 6.45) is 2.25. The predicted octanol–water partition coefficient (Wildman–Crippen LogP) is 2.13. The van der Waals surface area contributed by atoms with Gasteiger partial charge in [0.2, 0.25) is 5.91 Å². The van der Waals surface area contributed by atoms with E-state index in [4.69, 9.17) is 23.2 Å². The van der Waals surface area contributed by atoms with Gasteiger partial charge in [-0.25, -0.2) is 4.98 Å². The van der Waals surface area contributed by atoms with Crippen molar-refractivity contribution < 1.29 is 9.59 Å². The van der Waals surface area contributed by atoms with Gasteiger partial charge in [-0.05, 0) is 30.4 Å². The second-order valence-corrected chi connectivity index (χ2v) is 6.52. The molecule has 5 nitrogen and oxygen atoms in total. The molecule has 2 amide bonds. The Morgan fingerprint density at radius 1 is 1.24 bits per heavy atom. The lowest BCUT2D eigenvalue weighted by Crippen LogP contribution is -2.44. The molecule has 2 aliphatic rings. The monoisotopic (exact) mass is 327 g/mol. The minimum atomic E-state index is -0.0895. The summed E-state index contributed by atoms with van der Waals surface area (Å²) in [5.41, 5.74) is 0.484. The maximum atomic E-state index is 12.5. The molecule has 3 rings (SSSR count). The summed E-state index contributed by atoms with van der Waals surface area (Å²) in [7, 11) is 0. The standard InChI is InChI=1S/C14H15Cl2N3O2/c15-10-5-9(6-11(16)18-10)13(21)19-3-1-14(2-4-19)7-12(20)17-8-14/h5-6H,1-4,7-8H2,(H,17,20). The summed E-state index contributed by atoms with van der Waals surface area (Å²) in [5, 5.41) is 3.31. The van der Waals surface area contributed by atoms with E-state index < -0.39 is 0 Å². The quantitative estimate of drug-likeness (QED) is 0.804. The number of likely N-dealkylation sites (tertiary alicyclic amines) is 1. The third-order valence-corrected chi connectivity index (χ3v) is 4.70. The van der Waals surface area contributed by atoms with E-state index in [9.17, 15) is 9.59 Å². The summed E-state index contributed by atoms with van der Waals surface area (Å²) in [6, 6.07) is 3.06. The molecule has 112 valence electrons. The van der Waals surface area contributed by atoms with Crippen LogP contribution in [0.1, 0.15) is 29.6 Å². The van der Waals surface area contributed by atoms with Crippen molar-refractivity contribution in [3.8, 4) is 0 Å². The molecule has 0 radical (unpaired) electrons. The fourth-order valence-electron chi connectivity index (χ4n) is 3.06. The Morgan fingerprint density at radius 2 is 1.86 bits per heavy atom. The first kappa shape index (κ1) is 14.6. The first-order chi connectivity index (χ1) is 9.97. The van der Waals surface area contributed by atoms with Gasteiger partial charge in [0.05, 0.1) is 0 Å². The lowest BCUT2D eigenvalue weighted by molar-refractivity contribution is -0.119. The zero-order chi connectivity index (χ0) is 15.0. The molecule has 2 saturated heterocycles. The van der Waals surface area contributed by atoms with E-state index in [1.165, 1.54) is 12.1 Å². The Morgan fingerprint density at radius 3 is 2.38 bits per heavy atom. The summed E-state index contributed by atoms with van der Waals surface area (Å²) in [4.78, 5) is 29.5. The first-order valence-corrected chi connectivity index (χ1v) is 7.62. The molecule has 2 aliphatic heterocycles. The zero-order valence-corrected chi connectivity index (χ0v) is 12.9. The maximum absolute atomic E-state index is 12.5. The molecular formula is C14H15Cl2N3O2. The predicted molar refractivity (Wildman–Crippen MR) is 79.5 cm³/mol. The Labute approximate surface area is 132 Å². The molecule has 7 heteroatoms. The molecular weight excluding hydrogens is 313 g/mol. The summed E-state index contributed by atoms with van der Waals surface area (Å²) >= 11 is 11.7. The van der Waals surface area contributed by atoms with Gasteiger partial charge in [0.25, 0.3) is 5.91 Å². The van der Waals surface area contributed by atoms with Crippen LogP contribution in [-0.2, 0) is 4.79 Å². The number of hydrogen-bond donors (Lipinski definition) is 1. The number of pyridine rings is 1. The molecule has 1 N–H and O–H groups in total. The average molecular weight is 328 g/mol. The smallest absolute Gasteiger partial charge is 0.254 e. The van der Waals surface area contributed by atoms with Crippen LogP contribution in [0.15, 0.2) is 12.1 Å². The number of carbonyl (C=O) groups is 2. The molecule has 1 spiro atoms. The number of halogens is 2. The van der Waals surface area contributed by atoms with Crippen LogP contribution in [0, 0.1) is 5.41 Å². The normalized spacial score (nSPS) is 20.7. The van der Waals surface area contributed by atoms with E-state index in [0.29, 0.717) is 25.1 Å². The van der Waals surface area contributed by atoms with Crippen LogP contribution in [0.25, 0.3) is 0 Å². The third-order valence-electron chi connectivity index (χ3n) is 4.32. The highest BCUT2D eigenvalue weighted by molar-refractivity contribution is 6.33. The molecule has 1 aromatic heterocycles. The van der Waals surface area contributed by atoms with E-state index in [1.807, 2.05) is 0 Å². The van der Waals surface area contributed by atoms with Gasteiger partial charge in [-0.1, -0.05) is 23.2 Å². The molecule has 0 unspecified atom stereocenters. The second-order valence-electron chi connectivity index (χ2n) is 5.75. The summed E-state index contributed by atoms with van der Waals surface area (Å²) in [6.45, 7) is 2.01. The highest BCUT2D eigenvalue weighted by atomic mass is 35.5. The van der Waals surface area contributed by atoms with Gasteiger partial charge in [-0.3, -0.25) is 9.59 Å². The Kier molecular flexibility index (Phi) is 3.80. The maximum Gasteiger partial charge on any atom is 0.254 e. The van der Waals surface area contributed by atoms with Crippen molar-refractivity contribution >= 4 is 35.0 Å². The van der Waals surface area contributed by atoms with Crippen molar-refractivity contribution in [1.29, 1.82) is 0 Å². The van der Waals surface area contributed by atoms with Gasteiger partial charge < -0.3 is 10.2 Å². The van der Waals surface area contributed by atoms with Gasteiger partial charge in [0.1, 0.15) is 10.3 Å². The van der Waals surface area contributed by atoms with Crippen molar-refractivity contribution in [3.63, 3.8) is 0 Å². The molecule has 21 heavy (non-hydrogen) atoms. The topological polar surface area (TPSA) is 62.3 Å². The van der Waals surface area contributed by atoms with Gasteiger partial charge in [0, 0.05) is 31.6 Å². The van der Waals surface area contributed by atoms with E-state index in [2.05, 4.69) is 10.3 Å². The SMILES string of the molecule is O=C1CC2(CCN(C(=O)c3cc(Cl)nc(Cl)c3)CC2)CN1. The largest absolute Gasteiger partial charge is 0.356 e. The van der Waals surface area contributed by atoms with E-state index in [1.54, 1.807) is 4.90 Å². The van der Waals surface area contributed by atoms with Crippen molar-refractivity contribution in [2.75, 3.05) is 19.6 Å². The number of carbonyl (C=O) groups excluding carboxylic acids is 2. The number of nitrogens with zero attached hydrogens (tertiary/aromatic N) is 2. The van der Waals surface area contributed by atoms with Crippen molar-refractivity contribution in [3.05, 3.63) is 28.0 Å². The number of amides is 2. The van der Waals surface area contributed by atoms with Gasteiger partial charge in [0.15, 0.2) is 0 Å². The summed E-state index contributed by atoms with van der Waals surface area (Å²) < 4.78 is 0. The fourth-order valence-corrected chi connectivity index (χ4v) is 3.52. The molecule has 0 aliphatic carbocycles. The van der Waals surface area contributed by atoms with E-state index >= 15 is 0 Å². The average Bonchev–Trinajstić information content (AvgIpc) is 2.79. The fraction of sp³-hybridized carbons (Fsp3) is 0.500. The van der Waals surface area contributed by atoms with Crippen LogP contribution in [0.4, 0.5) is 0 Å². The van der Waals surface area contributed by atoms with Crippen LogP contribution in [0.2, 0.25) is 10.3 Å². The molecule has 1 aromatic rings. The first-order valence-electron chi connectivity index (χ1n) is 6.87. The summed E-state index contributed by atoms with van der Waals surface area (Å²) in [5.74, 6) is 0.0239. The van der Waals surface area contributed by atoms with Crippen LogP contribution >= 0.6 is 23.2 Å². The third kappa shape index (κ3) is 2.99. The zero-order valence-electron chi connectivity index (χ0n) is 11.4. The molecule has 2 fully saturated rings. The minimum absolute atomic E-state index is 0.0292. The highest BCUT2D eigenvalue weighted by Gasteiger charge is 2.41. The highest BCUT2D eigenvalue weighted by Crippen LogP contribution is 2.37. The van der Waals surface area contributed by atoms with Gasteiger partial charge in [-0.15, -0.1) is 0 Å². The van der Waals surface area contributed by atoms with E-state index in [-0.39, 0.29) is 27.5 Å². The molecule has 0 saturated carbocycles. The number of piperidine rings is 1. The molecule has 0 aromatic carbocycles. The van der Waals surface area contributed by atoms with Crippen molar-refractivity contribution in [1.82, 2.24) is 15.2 Å². The van der Waals surface area contributed by atoms with Gasteiger partial charge >= 0.3 is 0 Å². The lowest BCUT2D eigenvalue weighted by Gasteiger charge is -2.38. The molecule has 3 heterocycles. The van der Waals surface area contributed by atoms with Crippen molar-refractivity contribution in [2.45, 2.75) is 19.3 Å². The van der Waals surface area contributed by atoms with Crippen LogP contribution < -0.4 is 5.32 Å². The molecule has 0 atom stereocenters. The van der Waals surface area contributed by atoms with Gasteiger partial charge in [-0.2, -0.15) is 0 Å². The number of aromatic nitrogens is 1. The number of hydrogen-bond acceptors (Lipinski definition) is 3.